The highest BCUT2D eigenvalue weighted by molar-refractivity contribution is 7.10. The summed E-state index contributed by atoms with van der Waals surface area (Å²) in [6.45, 7) is 6.76. The third-order valence-corrected chi connectivity index (χ3v) is 3.45. The van der Waals surface area contributed by atoms with E-state index in [1.54, 1.807) is 17.5 Å². The molecule has 0 radical (unpaired) electrons. The van der Waals surface area contributed by atoms with Crippen LogP contribution in [0.25, 0.3) is 0 Å². The van der Waals surface area contributed by atoms with E-state index in [2.05, 4.69) is 31.4 Å². The molecule has 6 heteroatoms. The first-order valence-corrected chi connectivity index (χ1v) is 6.98. The Bertz CT molecular complexity index is 424. The van der Waals surface area contributed by atoms with Gasteiger partial charge < -0.3 is 15.7 Å². The average Bonchev–Trinajstić information content (AvgIpc) is 2.76. The Labute approximate surface area is 117 Å². The van der Waals surface area contributed by atoms with Crippen molar-refractivity contribution in [1.82, 2.24) is 10.6 Å². The van der Waals surface area contributed by atoms with Gasteiger partial charge >= 0.3 is 12.0 Å². The van der Waals surface area contributed by atoms with Crippen LogP contribution < -0.4 is 10.6 Å². The first-order valence-electron chi connectivity index (χ1n) is 6.10. The minimum absolute atomic E-state index is 0.132. The van der Waals surface area contributed by atoms with Gasteiger partial charge in [0.2, 0.25) is 0 Å². The molecule has 0 spiro atoms. The number of rotatable bonds is 5. The van der Waals surface area contributed by atoms with E-state index in [-0.39, 0.29) is 5.41 Å². The highest BCUT2D eigenvalue weighted by Crippen LogP contribution is 2.19. The van der Waals surface area contributed by atoms with E-state index < -0.39 is 18.0 Å². The molecule has 1 atom stereocenters. The minimum Gasteiger partial charge on any atom is -0.479 e. The third kappa shape index (κ3) is 5.74. The normalized spacial score (nSPS) is 12.8. The third-order valence-electron chi connectivity index (χ3n) is 2.51. The van der Waals surface area contributed by atoms with E-state index in [9.17, 15) is 9.59 Å². The molecule has 106 valence electrons. The number of carbonyl (C=O) groups is 2. The molecule has 2 amide bonds. The van der Waals surface area contributed by atoms with Gasteiger partial charge in [-0.05, 0) is 23.3 Å². The number of carboxylic acids is 1. The van der Waals surface area contributed by atoms with Crippen LogP contribution in [0.15, 0.2) is 17.5 Å². The second kappa shape index (κ2) is 6.56. The number of amides is 2. The largest absolute Gasteiger partial charge is 0.479 e. The maximum atomic E-state index is 11.7. The second-order valence-electron chi connectivity index (χ2n) is 5.50. The number of hydrogen-bond donors (Lipinski definition) is 3. The summed E-state index contributed by atoms with van der Waals surface area (Å²) in [6, 6.07) is 2.01. The van der Waals surface area contributed by atoms with E-state index in [0.29, 0.717) is 11.4 Å². The van der Waals surface area contributed by atoms with E-state index in [1.807, 2.05) is 0 Å². The summed E-state index contributed by atoms with van der Waals surface area (Å²) >= 11 is 1.31. The van der Waals surface area contributed by atoms with E-state index >= 15 is 0 Å². The lowest BCUT2D eigenvalue weighted by Gasteiger charge is -2.19. The Hall–Kier alpha value is -1.56. The lowest BCUT2D eigenvalue weighted by molar-refractivity contribution is -0.139. The molecule has 0 saturated carbocycles. The fourth-order valence-electron chi connectivity index (χ4n) is 1.44. The number of thiophene rings is 1. The zero-order valence-corrected chi connectivity index (χ0v) is 12.2. The van der Waals surface area contributed by atoms with E-state index in [1.165, 1.54) is 11.3 Å². The van der Waals surface area contributed by atoms with Crippen LogP contribution in [-0.2, 0) is 4.79 Å². The van der Waals surface area contributed by atoms with Gasteiger partial charge in [-0.15, -0.1) is 11.3 Å². The minimum atomic E-state index is -1.06. The van der Waals surface area contributed by atoms with Gasteiger partial charge in [-0.2, -0.15) is 0 Å². The highest BCUT2D eigenvalue weighted by Gasteiger charge is 2.22. The molecule has 0 aliphatic rings. The van der Waals surface area contributed by atoms with Crippen molar-refractivity contribution in [1.29, 1.82) is 0 Å². The van der Waals surface area contributed by atoms with Gasteiger partial charge in [-0.3, -0.25) is 0 Å². The molecule has 0 saturated heterocycles. The first kappa shape index (κ1) is 15.5. The Balaban J connectivity index is 2.47. The summed E-state index contributed by atoms with van der Waals surface area (Å²) in [6.07, 6.45) is 0.831. The van der Waals surface area contributed by atoms with Crippen LogP contribution in [0.4, 0.5) is 4.79 Å². The molecule has 1 unspecified atom stereocenters. The van der Waals surface area contributed by atoms with Gasteiger partial charge in [0.05, 0.1) is 0 Å². The van der Waals surface area contributed by atoms with Crippen LogP contribution in [0, 0.1) is 5.41 Å². The molecule has 0 fully saturated rings. The number of hydrogen-bond acceptors (Lipinski definition) is 3. The fourth-order valence-corrected chi connectivity index (χ4v) is 2.21. The number of carboxylic acid groups (broad SMARTS) is 1. The Morgan fingerprint density at radius 2 is 2.11 bits per heavy atom. The quantitative estimate of drug-likeness (QED) is 0.777. The van der Waals surface area contributed by atoms with E-state index in [4.69, 9.17) is 5.11 Å². The Kier molecular flexibility index (Phi) is 5.35. The van der Waals surface area contributed by atoms with Gasteiger partial charge in [0.1, 0.15) is 0 Å². The summed E-state index contributed by atoms with van der Waals surface area (Å²) in [5, 5.41) is 16.0. The number of carbonyl (C=O) groups excluding carboxylic acids is 1. The van der Waals surface area contributed by atoms with Crippen LogP contribution in [-0.4, -0.2) is 23.7 Å². The van der Waals surface area contributed by atoms with Crippen LogP contribution in [0.3, 0.4) is 0 Å². The maximum absolute atomic E-state index is 11.7. The number of urea groups is 1. The lowest BCUT2D eigenvalue weighted by Crippen LogP contribution is -2.41. The molecular formula is C13H20N2O3S. The SMILES string of the molecule is CC(C)(C)CCNC(=O)NC(C(=O)O)c1cccs1. The molecule has 0 bridgehead atoms. The molecule has 3 N–H and O–H groups in total. The molecule has 1 rings (SSSR count). The van der Waals surface area contributed by atoms with Gasteiger partial charge in [-0.1, -0.05) is 26.8 Å². The predicted molar refractivity (Wildman–Crippen MR) is 75.3 cm³/mol. The number of nitrogens with one attached hydrogen (secondary N) is 2. The molecule has 0 aliphatic heterocycles. The molecule has 19 heavy (non-hydrogen) atoms. The zero-order chi connectivity index (χ0) is 14.5. The number of aliphatic carboxylic acids is 1. The lowest BCUT2D eigenvalue weighted by atomic mass is 9.92. The summed E-state index contributed by atoms with van der Waals surface area (Å²) in [5.41, 5.74) is 0.132. The van der Waals surface area contributed by atoms with Crippen LogP contribution in [0.5, 0.6) is 0 Å². The summed E-state index contributed by atoms with van der Waals surface area (Å²) in [7, 11) is 0. The maximum Gasteiger partial charge on any atom is 0.331 e. The van der Waals surface area contributed by atoms with Crippen molar-refractivity contribution in [3.05, 3.63) is 22.4 Å². The fraction of sp³-hybridized carbons (Fsp3) is 0.538. The molecule has 5 nitrogen and oxygen atoms in total. The summed E-state index contributed by atoms with van der Waals surface area (Å²) in [5.74, 6) is -1.06. The molecule has 0 aliphatic carbocycles. The second-order valence-corrected chi connectivity index (χ2v) is 6.48. The Morgan fingerprint density at radius 3 is 2.58 bits per heavy atom. The summed E-state index contributed by atoms with van der Waals surface area (Å²) < 4.78 is 0. The van der Waals surface area contributed by atoms with Crippen molar-refractivity contribution in [2.75, 3.05) is 6.54 Å². The predicted octanol–water partition coefficient (Wildman–Crippen LogP) is 2.61. The zero-order valence-electron chi connectivity index (χ0n) is 11.4. The Morgan fingerprint density at radius 1 is 1.42 bits per heavy atom. The van der Waals surface area contributed by atoms with Crippen molar-refractivity contribution in [2.45, 2.75) is 33.2 Å². The van der Waals surface area contributed by atoms with E-state index in [0.717, 1.165) is 6.42 Å². The van der Waals surface area contributed by atoms with Crippen molar-refractivity contribution in [2.24, 2.45) is 5.41 Å². The monoisotopic (exact) mass is 284 g/mol. The van der Waals surface area contributed by atoms with Crippen molar-refractivity contribution < 1.29 is 14.7 Å². The topological polar surface area (TPSA) is 78.4 Å². The van der Waals surface area contributed by atoms with Gasteiger partial charge in [0.15, 0.2) is 6.04 Å². The molecule has 0 aromatic carbocycles. The van der Waals surface area contributed by atoms with Crippen molar-refractivity contribution in [3.8, 4) is 0 Å². The van der Waals surface area contributed by atoms with Crippen LogP contribution in [0.1, 0.15) is 38.1 Å². The highest BCUT2D eigenvalue weighted by atomic mass is 32.1. The van der Waals surface area contributed by atoms with Gasteiger partial charge in [0.25, 0.3) is 0 Å². The van der Waals surface area contributed by atoms with Crippen LogP contribution >= 0.6 is 11.3 Å². The molecule has 1 aromatic rings. The van der Waals surface area contributed by atoms with Gasteiger partial charge in [0, 0.05) is 11.4 Å². The van der Waals surface area contributed by atoms with Gasteiger partial charge in [-0.25, -0.2) is 9.59 Å². The van der Waals surface area contributed by atoms with Crippen LogP contribution in [0.2, 0.25) is 0 Å². The first-order chi connectivity index (χ1) is 8.79. The molecule has 1 aromatic heterocycles. The average molecular weight is 284 g/mol. The standard InChI is InChI=1S/C13H20N2O3S/c1-13(2,3)6-7-14-12(18)15-10(11(16)17)9-5-4-8-19-9/h4-5,8,10H,6-7H2,1-3H3,(H,16,17)(H2,14,15,18). The summed E-state index contributed by atoms with van der Waals surface area (Å²) in [4.78, 5) is 23.4. The molecular weight excluding hydrogens is 264 g/mol. The smallest absolute Gasteiger partial charge is 0.331 e. The van der Waals surface area contributed by atoms with Crippen molar-refractivity contribution >= 4 is 23.3 Å². The van der Waals surface area contributed by atoms with Crippen molar-refractivity contribution in [3.63, 3.8) is 0 Å². The molecule has 1 heterocycles.